The first kappa shape index (κ1) is 20.0. The van der Waals surface area contributed by atoms with Gasteiger partial charge in [0.1, 0.15) is 0 Å². The van der Waals surface area contributed by atoms with Gasteiger partial charge in [0.15, 0.2) is 0 Å². The minimum atomic E-state index is -3.23. The molecule has 0 fully saturated rings. The maximum absolute atomic E-state index is 15.4. The predicted octanol–water partition coefficient (Wildman–Crippen LogP) is 6.21. The number of benzene rings is 4. The summed E-state index contributed by atoms with van der Waals surface area (Å²) in [5.74, 6) is -0.164. The van der Waals surface area contributed by atoms with Crippen LogP contribution in [0, 0.1) is 5.82 Å². The van der Waals surface area contributed by atoms with Crippen molar-refractivity contribution in [2.24, 2.45) is 0 Å². The summed E-state index contributed by atoms with van der Waals surface area (Å²) in [5, 5.41) is -0.186. The molecule has 0 aliphatic heterocycles. The van der Waals surface area contributed by atoms with E-state index in [1.54, 1.807) is 12.1 Å². The summed E-state index contributed by atoms with van der Waals surface area (Å²) >= 11 is 4.32. The van der Waals surface area contributed by atoms with E-state index in [-0.39, 0.29) is 5.82 Å². The van der Waals surface area contributed by atoms with Crippen molar-refractivity contribution in [2.75, 3.05) is 6.16 Å². The van der Waals surface area contributed by atoms with Gasteiger partial charge < -0.3 is 0 Å². The van der Waals surface area contributed by atoms with Crippen molar-refractivity contribution in [3.63, 3.8) is 0 Å². The van der Waals surface area contributed by atoms with Crippen molar-refractivity contribution in [2.45, 2.75) is 6.42 Å². The average Bonchev–Trinajstić information content (AvgIpc) is 2.80. The molecular weight excluding hydrogens is 442 g/mol. The summed E-state index contributed by atoms with van der Waals surface area (Å²) in [6, 6.07) is 38.4. The van der Waals surface area contributed by atoms with Crippen LogP contribution in [-0.4, -0.2) is 6.16 Å². The molecule has 29 heavy (non-hydrogen) atoms. The molecule has 4 aromatic rings. The van der Waals surface area contributed by atoms with E-state index < -0.39 is 5.31 Å². The zero-order valence-electron chi connectivity index (χ0n) is 16.1. The molecule has 0 aliphatic carbocycles. The van der Waals surface area contributed by atoms with E-state index in [9.17, 15) is 0 Å². The van der Waals surface area contributed by atoms with Crippen LogP contribution in [0.1, 0.15) is 5.56 Å². The molecule has 0 atom stereocenters. The van der Waals surface area contributed by atoms with Gasteiger partial charge in [0.2, 0.25) is 0 Å². The first-order chi connectivity index (χ1) is 14.1. The normalized spacial score (nSPS) is 12.8. The van der Waals surface area contributed by atoms with Crippen molar-refractivity contribution in [3.8, 4) is 0 Å². The number of aryl methyl sites for hydroxylation is 1. The number of hydrogen-bond donors (Lipinski definition) is 0. The van der Waals surface area contributed by atoms with Gasteiger partial charge in [-0.3, -0.25) is 0 Å². The Hall–Kier alpha value is -2.28. The molecule has 0 bridgehead atoms. The van der Waals surface area contributed by atoms with Crippen LogP contribution in [0.3, 0.4) is 0 Å². The second-order valence-corrected chi connectivity index (χ2v) is 16.3. The number of hydrogen-bond acceptors (Lipinski definition) is 0. The Labute approximate surface area is 180 Å². The average molecular weight is 465 g/mol. The molecule has 0 nitrogen and oxygen atoms in total. The van der Waals surface area contributed by atoms with Crippen LogP contribution in [0.25, 0.3) is 0 Å². The van der Waals surface area contributed by atoms with Gasteiger partial charge in [0, 0.05) is 0 Å². The third kappa shape index (κ3) is 3.56. The molecule has 0 aliphatic rings. The van der Waals surface area contributed by atoms with Gasteiger partial charge in [-0.2, -0.15) is 0 Å². The van der Waals surface area contributed by atoms with Crippen LogP contribution in [0.5, 0.6) is 0 Å². The Morgan fingerprint density at radius 1 is 0.586 bits per heavy atom. The van der Waals surface area contributed by atoms with Crippen LogP contribution in [-0.2, 0) is 6.42 Å². The van der Waals surface area contributed by atoms with Crippen LogP contribution in [0.2, 0.25) is 0 Å². The van der Waals surface area contributed by atoms with Crippen molar-refractivity contribution < 1.29 is 4.39 Å². The maximum atomic E-state index is 15.4. The van der Waals surface area contributed by atoms with Gasteiger partial charge in [-0.15, -0.1) is 0 Å². The molecule has 146 valence electrons. The SMILES string of the molecule is Fc1ccccc1P(Br)(CCc1ccccc1)(c1ccccc1)c1ccccc1. The van der Waals surface area contributed by atoms with Crippen molar-refractivity contribution in [1.29, 1.82) is 0 Å². The topological polar surface area (TPSA) is 0 Å². The van der Waals surface area contributed by atoms with Gasteiger partial charge >= 0.3 is 180 Å². The zero-order chi connectivity index (χ0) is 20.2. The van der Waals surface area contributed by atoms with E-state index >= 15 is 4.39 Å². The van der Waals surface area contributed by atoms with Gasteiger partial charge in [0.05, 0.1) is 0 Å². The Kier molecular flexibility index (Phi) is 5.67. The van der Waals surface area contributed by atoms with Gasteiger partial charge in [-0.1, -0.05) is 0 Å². The molecule has 0 spiro atoms. The zero-order valence-corrected chi connectivity index (χ0v) is 18.6. The molecule has 4 aromatic carbocycles. The second kappa shape index (κ2) is 8.22. The molecule has 0 heterocycles. The van der Waals surface area contributed by atoms with Crippen LogP contribution in [0.4, 0.5) is 4.39 Å². The van der Waals surface area contributed by atoms with Crippen LogP contribution < -0.4 is 15.9 Å². The monoisotopic (exact) mass is 464 g/mol. The molecule has 3 heteroatoms. The van der Waals surface area contributed by atoms with Gasteiger partial charge in [0.25, 0.3) is 0 Å². The summed E-state index contributed by atoms with van der Waals surface area (Å²) in [4.78, 5) is 0. The molecule has 0 aromatic heterocycles. The molecule has 0 amide bonds. The van der Waals surface area contributed by atoms with Gasteiger partial charge in [-0.05, 0) is 0 Å². The summed E-state index contributed by atoms with van der Waals surface area (Å²) in [6.07, 6.45) is 1.65. The molecule has 0 N–H and O–H groups in total. The Bertz CT molecular complexity index is 1040. The van der Waals surface area contributed by atoms with E-state index in [1.807, 2.05) is 54.6 Å². The quantitative estimate of drug-likeness (QED) is 0.297. The van der Waals surface area contributed by atoms with Crippen molar-refractivity contribution in [3.05, 3.63) is 127 Å². The summed E-state index contributed by atoms with van der Waals surface area (Å²) in [7, 11) is 0. The third-order valence-electron chi connectivity index (χ3n) is 5.61. The van der Waals surface area contributed by atoms with Crippen LogP contribution >= 0.6 is 20.8 Å². The summed E-state index contributed by atoms with van der Waals surface area (Å²) < 4.78 is 15.4. The number of rotatable bonds is 6. The van der Waals surface area contributed by atoms with E-state index in [0.29, 0.717) is 0 Å². The van der Waals surface area contributed by atoms with Gasteiger partial charge in [-0.25, -0.2) is 0 Å². The van der Waals surface area contributed by atoms with Crippen molar-refractivity contribution in [1.82, 2.24) is 0 Å². The summed E-state index contributed by atoms with van der Waals surface area (Å²) in [6.45, 7) is 0. The first-order valence-corrected chi connectivity index (χ1v) is 14.2. The second-order valence-electron chi connectivity index (χ2n) is 7.26. The third-order valence-corrected chi connectivity index (χ3v) is 15.5. The fraction of sp³-hybridized carbons (Fsp3) is 0.0769. The molecule has 0 saturated carbocycles. The standard InChI is InChI=1S/C26H23BrFP/c27-29(23-14-6-2-7-15-23,24-16-8-3-9-17-24,26-19-11-10-18-25(26)28)21-20-22-12-4-1-5-13-22/h1-19H,20-21H2. The van der Waals surface area contributed by atoms with Crippen molar-refractivity contribution >= 4 is 36.7 Å². The molecular formula is C26H23BrFP. The Morgan fingerprint density at radius 2 is 1.03 bits per heavy atom. The Balaban J connectivity index is 2.02. The fourth-order valence-electron chi connectivity index (χ4n) is 4.10. The number of halogens is 2. The fourth-order valence-corrected chi connectivity index (χ4v) is 11.7. The van der Waals surface area contributed by atoms with E-state index in [2.05, 4.69) is 64.0 Å². The van der Waals surface area contributed by atoms with E-state index in [1.165, 1.54) is 5.56 Å². The minimum absolute atomic E-state index is 0.164. The molecule has 0 unspecified atom stereocenters. The Morgan fingerprint density at radius 3 is 1.55 bits per heavy atom. The molecule has 0 radical (unpaired) electrons. The molecule has 0 saturated heterocycles. The summed E-state index contributed by atoms with van der Waals surface area (Å²) in [5.41, 5.74) is 1.25. The van der Waals surface area contributed by atoms with Crippen LogP contribution in [0.15, 0.2) is 115 Å². The van der Waals surface area contributed by atoms with E-state index in [0.717, 1.165) is 28.5 Å². The molecule has 4 rings (SSSR count). The first-order valence-electron chi connectivity index (χ1n) is 9.76. The van der Waals surface area contributed by atoms with E-state index in [4.69, 9.17) is 0 Å². The predicted molar refractivity (Wildman–Crippen MR) is 129 cm³/mol.